The van der Waals surface area contributed by atoms with E-state index in [0.29, 0.717) is 10.8 Å². The van der Waals surface area contributed by atoms with Crippen LogP contribution in [-0.4, -0.2) is 22.7 Å². The van der Waals surface area contributed by atoms with Crippen LogP contribution in [-0.2, 0) is 4.79 Å². The van der Waals surface area contributed by atoms with Gasteiger partial charge in [-0.05, 0) is 59.5 Å². The Kier molecular flexibility index (Phi) is 5.47. The maximum Gasteiger partial charge on any atom is 0.295 e. The van der Waals surface area contributed by atoms with Gasteiger partial charge in [-0.25, -0.2) is 0 Å². The molecule has 0 spiro atoms. The smallest absolute Gasteiger partial charge is 0.295 e. The van der Waals surface area contributed by atoms with Crippen molar-refractivity contribution < 1.29 is 9.59 Å². The Labute approximate surface area is 158 Å². The molecule has 0 aromatic heterocycles. The monoisotopic (exact) mass is 366 g/mol. The Morgan fingerprint density at radius 1 is 1.12 bits per heavy atom. The number of rotatable bonds is 5. The summed E-state index contributed by atoms with van der Waals surface area (Å²) in [6.07, 6.45) is 1.78. The summed E-state index contributed by atoms with van der Waals surface area (Å²) in [5, 5.41) is 2.89. The minimum absolute atomic E-state index is 0.164. The van der Waals surface area contributed by atoms with Crippen molar-refractivity contribution in [2.45, 2.75) is 26.7 Å². The first kappa shape index (κ1) is 18.3. The van der Waals surface area contributed by atoms with Crippen molar-refractivity contribution in [1.29, 1.82) is 0 Å². The number of nitrogens with one attached hydrogen (secondary N) is 1. The van der Waals surface area contributed by atoms with E-state index in [1.165, 1.54) is 10.5 Å². The van der Waals surface area contributed by atoms with Gasteiger partial charge in [-0.3, -0.25) is 14.5 Å². The molecular formula is C21H22N2O2S. The molecule has 1 fully saturated rings. The van der Waals surface area contributed by atoms with E-state index < -0.39 is 0 Å². The summed E-state index contributed by atoms with van der Waals surface area (Å²) >= 11 is 0.984. The zero-order valence-electron chi connectivity index (χ0n) is 15.2. The van der Waals surface area contributed by atoms with Crippen molar-refractivity contribution in [3.8, 4) is 0 Å². The van der Waals surface area contributed by atoms with E-state index in [1.54, 1.807) is 6.08 Å². The number of nitrogens with zero attached hydrogens (tertiary/aromatic N) is 1. The Morgan fingerprint density at radius 2 is 1.85 bits per heavy atom. The van der Waals surface area contributed by atoms with Gasteiger partial charge in [0.15, 0.2) is 0 Å². The van der Waals surface area contributed by atoms with Crippen LogP contribution in [0.1, 0.15) is 36.5 Å². The number of benzene rings is 2. The summed E-state index contributed by atoms with van der Waals surface area (Å²) in [5.74, 6) is 0.206. The predicted octanol–water partition coefficient (Wildman–Crippen LogP) is 5.22. The fraction of sp³-hybridized carbons (Fsp3) is 0.238. The largest absolute Gasteiger partial charge is 0.367 e. The number of carbonyl (C=O) groups excluding carboxylic acids is 2. The number of aryl methyl sites for hydroxylation is 1. The topological polar surface area (TPSA) is 49.4 Å². The van der Waals surface area contributed by atoms with Crippen LogP contribution in [0.5, 0.6) is 0 Å². The van der Waals surface area contributed by atoms with E-state index in [9.17, 15) is 9.59 Å². The van der Waals surface area contributed by atoms with Gasteiger partial charge in [0.1, 0.15) is 0 Å². The maximum atomic E-state index is 12.6. The van der Waals surface area contributed by atoms with Crippen LogP contribution in [0.3, 0.4) is 0 Å². The number of amides is 2. The molecule has 0 radical (unpaired) electrons. The highest BCUT2D eigenvalue weighted by molar-refractivity contribution is 8.18. The summed E-state index contributed by atoms with van der Waals surface area (Å²) in [5.41, 5.74) is 4.18. The SMILES string of the molecule is Cc1cccc(NCN2C(=O)S/C(=C\c3ccc(C(C)C)cc3)C2=O)c1. The molecule has 1 saturated heterocycles. The number of carbonyl (C=O) groups is 2. The standard InChI is InChI=1S/C21H22N2O2S/c1-14(2)17-9-7-16(8-10-17)12-19-20(24)23(21(25)26-19)13-22-18-6-4-5-15(3)11-18/h4-12,14,22H,13H2,1-3H3/b19-12-. The van der Waals surface area contributed by atoms with Crippen LogP contribution >= 0.6 is 11.8 Å². The molecule has 1 N–H and O–H groups in total. The lowest BCUT2D eigenvalue weighted by atomic mass is 10.0. The van der Waals surface area contributed by atoms with Crippen molar-refractivity contribution >= 4 is 34.7 Å². The van der Waals surface area contributed by atoms with Crippen LogP contribution in [0, 0.1) is 6.92 Å². The quantitative estimate of drug-likeness (QED) is 0.737. The van der Waals surface area contributed by atoms with Crippen molar-refractivity contribution in [3.05, 3.63) is 70.1 Å². The molecule has 1 aliphatic heterocycles. The Balaban J connectivity index is 1.69. The molecule has 2 aromatic rings. The summed E-state index contributed by atoms with van der Waals surface area (Å²) in [6.45, 7) is 6.44. The second kappa shape index (κ2) is 7.79. The minimum atomic E-state index is -0.256. The van der Waals surface area contributed by atoms with Crippen molar-refractivity contribution in [2.24, 2.45) is 0 Å². The summed E-state index contributed by atoms with van der Waals surface area (Å²) in [4.78, 5) is 26.5. The van der Waals surface area contributed by atoms with Crippen molar-refractivity contribution in [3.63, 3.8) is 0 Å². The zero-order valence-corrected chi connectivity index (χ0v) is 16.0. The highest BCUT2D eigenvalue weighted by atomic mass is 32.2. The molecule has 3 rings (SSSR count). The molecular weight excluding hydrogens is 344 g/mol. The van der Waals surface area contributed by atoms with E-state index in [1.807, 2.05) is 43.3 Å². The Morgan fingerprint density at radius 3 is 2.50 bits per heavy atom. The van der Waals surface area contributed by atoms with Gasteiger partial charge in [0, 0.05) is 5.69 Å². The number of thioether (sulfide) groups is 1. The van der Waals surface area contributed by atoms with Gasteiger partial charge < -0.3 is 5.32 Å². The fourth-order valence-electron chi connectivity index (χ4n) is 2.69. The highest BCUT2D eigenvalue weighted by Crippen LogP contribution is 2.32. The first-order valence-corrected chi connectivity index (χ1v) is 9.41. The van der Waals surface area contributed by atoms with Gasteiger partial charge in [0.05, 0.1) is 11.6 Å². The molecule has 134 valence electrons. The van der Waals surface area contributed by atoms with Crippen molar-refractivity contribution in [1.82, 2.24) is 4.90 Å². The molecule has 5 heteroatoms. The average Bonchev–Trinajstić information content (AvgIpc) is 2.87. The summed E-state index contributed by atoms with van der Waals surface area (Å²) in [6, 6.07) is 15.9. The second-order valence-corrected chi connectivity index (χ2v) is 7.63. The zero-order chi connectivity index (χ0) is 18.7. The molecule has 0 bridgehead atoms. The van der Waals surface area contributed by atoms with Gasteiger partial charge >= 0.3 is 0 Å². The fourth-order valence-corrected chi connectivity index (χ4v) is 3.53. The summed E-state index contributed by atoms with van der Waals surface area (Å²) < 4.78 is 0. The first-order valence-electron chi connectivity index (χ1n) is 8.60. The molecule has 26 heavy (non-hydrogen) atoms. The first-order chi connectivity index (χ1) is 12.4. The van der Waals surface area contributed by atoms with E-state index in [0.717, 1.165) is 28.6 Å². The average molecular weight is 366 g/mol. The van der Waals surface area contributed by atoms with Gasteiger partial charge in [0.2, 0.25) is 0 Å². The van der Waals surface area contributed by atoms with E-state index in [-0.39, 0.29) is 17.8 Å². The lowest BCUT2D eigenvalue weighted by molar-refractivity contribution is -0.122. The molecule has 1 aliphatic rings. The van der Waals surface area contributed by atoms with Crippen molar-refractivity contribution in [2.75, 3.05) is 12.0 Å². The third kappa shape index (κ3) is 4.17. The molecule has 0 aliphatic carbocycles. The molecule has 2 amide bonds. The van der Waals surface area contributed by atoms with Crippen LogP contribution in [0.15, 0.2) is 53.4 Å². The second-order valence-electron chi connectivity index (χ2n) is 6.64. The third-order valence-electron chi connectivity index (χ3n) is 4.23. The van der Waals surface area contributed by atoms with E-state index in [2.05, 4.69) is 31.3 Å². The summed E-state index contributed by atoms with van der Waals surface area (Å²) in [7, 11) is 0. The molecule has 4 nitrogen and oxygen atoms in total. The molecule has 0 atom stereocenters. The number of hydrogen-bond acceptors (Lipinski definition) is 4. The van der Waals surface area contributed by atoms with Gasteiger partial charge in [-0.2, -0.15) is 0 Å². The lowest BCUT2D eigenvalue weighted by Crippen LogP contribution is -2.33. The normalized spacial score (nSPS) is 16.0. The number of anilines is 1. The van der Waals surface area contributed by atoms with E-state index >= 15 is 0 Å². The molecule has 0 saturated carbocycles. The maximum absolute atomic E-state index is 12.6. The molecule has 1 heterocycles. The number of imide groups is 1. The van der Waals surface area contributed by atoms with Gasteiger partial charge in [-0.1, -0.05) is 50.2 Å². The van der Waals surface area contributed by atoms with Gasteiger partial charge in [0.25, 0.3) is 11.1 Å². The van der Waals surface area contributed by atoms with Crippen LogP contribution in [0.4, 0.5) is 10.5 Å². The van der Waals surface area contributed by atoms with Gasteiger partial charge in [-0.15, -0.1) is 0 Å². The minimum Gasteiger partial charge on any atom is -0.367 e. The third-order valence-corrected chi connectivity index (χ3v) is 5.14. The Bertz CT molecular complexity index is 857. The molecule has 0 unspecified atom stereocenters. The van der Waals surface area contributed by atoms with Crippen LogP contribution in [0.25, 0.3) is 6.08 Å². The lowest BCUT2D eigenvalue weighted by Gasteiger charge is -2.14. The highest BCUT2D eigenvalue weighted by Gasteiger charge is 2.34. The number of hydrogen-bond donors (Lipinski definition) is 1. The van der Waals surface area contributed by atoms with Crippen LogP contribution < -0.4 is 5.32 Å². The Hall–Kier alpha value is -2.53. The van der Waals surface area contributed by atoms with E-state index in [4.69, 9.17) is 0 Å². The molecule has 2 aromatic carbocycles. The van der Waals surface area contributed by atoms with Crippen LogP contribution in [0.2, 0.25) is 0 Å². The predicted molar refractivity (Wildman–Crippen MR) is 108 cm³/mol.